The van der Waals surface area contributed by atoms with E-state index in [2.05, 4.69) is 27.3 Å². The zero-order valence-electron chi connectivity index (χ0n) is 15.6. The molecular formula is C18H27N7O. The van der Waals surface area contributed by atoms with Crippen molar-refractivity contribution in [2.45, 2.75) is 26.7 Å². The van der Waals surface area contributed by atoms with Crippen molar-refractivity contribution in [3.8, 4) is 0 Å². The van der Waals surface area contributed by atoms with E-state index < -0.39 is 0 Å². The van der Waals surface area contributed by atoms with Gasteiger partial charge in [-0.3, -0.25) is 14.2 Å². The van der Waals surface area contributed by atoms with Crippen LogP contribution in [0.1, 0.15) is 26.1 Å². The number of nitrogens with zero attached hydrogens (tertiary/aromatic N) is 6. The fraction of sp³-hybridized carbons (Fsp3) is 0.556. The molecule has 3 rings (SSSR count). The summed E-state index contributed by atoms with van der Waals surface area (Å²) in [6, 6.07) is 5.91. The molecule has 1 N–H and O–H groups in total. The zero-order valence-corrected chi connectivity index (χ0v) is 15.6. The Bertz CT molecular complexity index is 762. The van der Waals surface area contributed by atoms with Gasteiger partial charge in [-0.15, -0.1) is 10.2 Å². The molecule has 1 aliphatic rings. The van der Waals surface area contributed by atoms with Crippen LogP contribution in [0, 0.1) is 0 Å². The van der Waals surface area contributed by atoms with Crippen LogP contribution in [0.5, 0.6) is 0 Å². The molecule has 0 aromatic carbocycles. The van der Waals surface area contributed by atoms with Gasteiger partial charge >= 0.3 is 0 Å². The first-order valence-corrected chi connectivity index (χ1v) is 9.26. The van der Waals surface area contributed by atoms with Crippen LogP contribution in [-0.2, 0) is 11.2 Å². The van der Waals surface area contributed by atoms with E-state index in [1.165, 1.54) is 0 Å². The third-order valence-corrected chi connectivity index (χ3v) is 4.56. The van der Waals surface area contributed by atoms with Gasteiger partial charge in [-0.05, 0) is 25.5 Å². The van der Waals surface area contributed by atoms with Gasteiger partial charge in [0.2, 0.25) is 5.91 Å². The summed E-state index contributed by atoms with van der Waals surface area (Å²) in [4.78, 5) is 20.3. The molecule has 0 atom stereocenters. The van der Waals surface area contributed by atoms with E-state index in [1.807, 2.05) is 33.7 Å². The fourth-order valence-corrected chi connectivity index (χ4v) is 3.14. The van der Waals surface area contributed by atoms with E-state index in [0.717, 1.165) is 69.5 Å². The van der Waals surface area contributed by atoms with Gasteiger partial charge in [-0.25, -0.2) is 0 Å². The molecule has 0 aliphatic carbocycles. The number of hydrogen-bond acceptors (Lipinski definition) is 4. The predicted octanol–water partition coefficient (Wildman–Crippen LogP) is 0.792. The number of piperazine rings is 1. The van der Waals surface area contributed by atoms with Gasteiger partial charge in [0.05, 0.1) is 0 Å². The Morgan fingerprint density at radius 2 is 1.96 bits per heavy atom. The molecule has 140 valence electrons. The Labute approximate surface area is 153 Å². The molecule has 0 saturated carbocycles. The summed E-state index contributed by atoms with van der Waals surface area (Å²) in [5.41, 5.74) is 0.877. The highest BCUT2D eigenvalue weighted by Crippen LogP contribution is 2.06. The van der Waals surface area contributed by atoms with E-state index in [-0.39, 0.29) is 5.91 Å². The van der Waals surface area contributed by atoms with E-state index in [1.54, 1.807) is 6.92 Å². The first-order chi connectivity index (χ1) is 12.7. The molecule has 1 amide bonds. The van der Waals surface area contributed by atoms with Crippen LogP contribution in [0.4, 0.5) is 0 Å². The molecule has 8 heteroatoms. The Kier molecular flexibility index (Phi) is 6.04. The smallest absolute Gasteiger partial charge is 0.219 e. The molecule has 0 spiro atoms. The number of amides is 1. The summed E-state index contributed by atoms with van der Waals surface area (Å²) in [5.74, 6) is 2.05. The normalized spacial score (nSPS) is 15.5. The summed E-state index contributed by atoms with van der Waals surface area (Å²) < 4.78 is 2.02. The van der Waals surface area contributed by atoms with Gasteiger partial charge in [0.1, 0.15) is 5.82 Å². The lowest BCUT2D eigenvalue weighted by Gasteiger charge is -2.36. The van der Waals surface area contributed by atoms with Gasteiger partial charge < -0.3 is 15.1 Å². The summed E-state index contributed by atoms with van der Waals surface area (Å²) in [5, 5.41) is 11.8. The monoisotopic (exact) mass is 357 g/mol. The number of nitrogens with one attached hydrogen (secondary N) is 1. The van der Waals surface area contributed by atoms with E-state index in [4.69, 9.17) is 4.99 Å². The number of fused-ring (bicyclic) bond motifs is 1. The maximum atomic E-state index is 11.5. The summed E-state index contributed by atoms with van der Waals surface area (Å²) >= 11 is 0. The lowest BCUT2D eigenvalue weighted by atomic mass is 10.3. The van der Waals surface area contributed by atoms with Gasteiger partial charge in [0.25, 0.3) is 0 Å². The number of carbonyl (C=O) groups is 1. The second kappa shape index (κ2) is 8.64. The van der Waals surface area contributed by atoms with Crippen molar-refractivity contribution in [1.82, 2.24) is 29.7 Å². The van der Waals surface area contributed by atoms with Gasteiger partial charge in [-0.1, -0.05) is 6.07 Å². The molecular weight excluding hydrogens is 330 g/mol. The third kappa shape index (κ3) is 4.30. The minimum absolute atomic E-state index is 0.145. The second-order valence-corrected chi connectivity index (χ2v) is 6.38. The third-order valence-electron chi connectivity index (χ3n) is 4.56. The number of aromatic nitrogens is 3. The van der Waals surface area contributed by atoms with Crippen molar-refractivity contribution in [2.24, 2.45) is 4.99 Å². The van der Waals surface area contributed by atoms with Gasteiger partial charge in [0.15, 0.2) is 11.6 Å². The number of rotatable bonds is 5. The number of guanidine groups is 1. The SMILES string of the molecule is CCNC(=NCCCc1nnc2ccccn12)N1CCN(C(C)=O)CC1. The maximum Gasteiger partial charge on any atom is 0.219 e. The predicted molar refractivity (Wildman–Crippen MR) is 101 cm³/mol. The van der Waals surface area contributed by atoms with Crippen LogP contribution < -0.4 is 5.32 Å². The Balaban J connectivity index is 1.54. The topological polar surface area (TPSA) is 78.1 Å². The van der Waals surface area contributed by atoms with Crippen molar-refractivity contribution in [1.29, 1.82) is 0 Å². The van der Waals surface area contributed by atoms with Crippen LogP contribution in [0.15, 0.2) is 29.4 Å². The first-order valence-electron chi connectivity index (χ1n) is 9.26. The fourth-order valence-electron chi connectivity index (χ4n) is 3.14. The maximum absolute atomic E-state index is 11.5. The van der Waals surface area contributed by atoms with Crippen molar-refractivity contribution in [3.05, 3.63) is 30.2 Å². The van der Waals surface area contributed by atoms with Gasteiger partial charge in [0, 0.05) is 58.8 Å². The van der Waals surface area contributed by atoms with E-state index in [9.17, 15) is 4.79 Å². The van der Waals surface area contributed by atoms with Crippen molar-refractivity contribution >= 4 is 17.5 Å². The van der Waals surface area contributed by atoms with E-state index >= 15 is 0 Å². The Morgan fingerprint density at radius 3 is 2.69 bits per heavy atom. The van der Waals surface area contributed by atoms with Crippen molar-refractivity contribution < 1.29 is 4.79 Å². The van der Waals surface area contributed by atoms with Crippen LogP contribution in [0.3, 0.4) is 0 Å². The second-order valence-electron chi connectivity index (χ2n) is 6.38. The number of pyridine rings is 1. The molecule has 1 fully saturated rings. The number of hydrogen-bond donors (Lipinski definition) is 1. The summed E-state index contributed by atoms with van der Waals surface area (Å²) in [6.07, 6.45) is 3.75. The molecule has 0 bridgehead atoms. The molecule has 1 saturated heterocycles. The average Bonchev–Trinajstić information content (AvgIpc) is 3.07. The van der Waals surface area contributed by atoms with Crippen molar-refractivity contribution in [3.63, 3.8) is 0 Å². The minimum Gasteiger partial charge on any atom is -0.357 e. The molecule has 0 unspecified atom stereocenters. The highest BCUT2D eigenvalue weighted by Gasteiger charge is 2.20. The minimum atomic E-state index is 0.145. The molecule has 3 heterocycles. The highest BCUT2D eigenvalue weighted by molar-refractivity contribution is 5.80. The Hall–Kier alpha value is -2.64. The van der Waals surface area contributed by atoms with Crippen molar-refractivity contribution in [2.75, 3.05) is 39.3 Å². The van der Waals surface area contributed by atoms with Crippen LogP contribution >= 0.6 is 0 Å². The molecule has 1 aliphatic heterocycles. The number of carbonyl (C=O) groups excluding carboxylic acids is 1. The first kappa shape index (κ1) is 18.2. The molecule has 8 nitrogen and oxygen atoms in total. The molecule has 26 heavy (non-hydrogen) atoms. The Morgan fingerprint density at radius 1 is 1.19 bits per heavy atom. The molecule has 2 aromatic heterocycles. The standard InChI is InChI=1S/C18H27N7O/c1-3-19-18(24-13-11-23(12-14-24)15(2)26)20-9-6-8-17-22-21-16-7-4-5-10-25(16)17/h4-5,7,10H,3,6,8-9,11-14H2,1-2H3,(H,19,20). The highest BCUT2D eigenvalue weighted by atomic mass is 16.2. The summed E-state index contributed by atoms with van der Waals surface area (Å²) in [6.45, 7) is 8.42. The largest absolute Gasteiger partial charge is 0.357 e. The lowest BCUT2D eigenvalue weighted by molar-refractivity contribution is -0.130. The van der Waals surface area contributed by atoms with Crippen LogP contribution in [-0.4, -0.2) is 75.5 Å². The average molecular weight is 357 g/mol. The van der Waals surface area contributed by atoms with Crippen LogP contribution in [0.2, 0.25) is 0 Å². The van der Waals surface area contributed by atoms with Crippen LogP contribution in [0.25, 0.3) is 5.65 Å². The van der Waals surface area contributed by atoms with E-state index in [0.29, 0.717) is 0 Å². The summed E-state index contributed by atoms with van der Waals surface area (Å²) in [7, 11) is 0. The number of aliphatic imine (C=N–C) groups is 1. The molecule has 2 aromatic rings. The van der Waals surface area contributed by atoms with Gasteiger partial charge in [-0.2, -0.15) is 0 Å². The quantitative estimate of drug-likeness (QED) is 0.486. The molecule has 0 radical (unpaired) electrons. The lowest BCUT2D eigenvalue weighted by Crippen LogP contribution is -2.53. The number of aryl methyl sites for hydroxylation is 1. The zero-order chi connectivity index (χ0) is 18.4.